The first-order valence-corrected chi connectivity index (χ1v) is 8.25. The summed E-state index contributed by atoms with van der Waals surface area (Å²) in [7, 11) is -3.84. The Balaban J connectivity index is 1.87. The van der Waals surface area contributed by atoms with Gasteiger partial charge in [-0.2, -0.15) is 5.10 Å². The van der Waals surface area contributed by atoms with E-state index in [-0.39, 0.29) is 16.5 Å². The van der Waals surface area contributed by atoms with Gasteiger partial charge in [0.2, 0.25) is 0 Å². The molecule has 0 fully saturated rings. The molecule has 3 rings (SSSR count). The highest BCUT2D eigenvalue weighted by atomic mass is 32.2. The Morgan fingerprint density at radius 3 is 2.50 bits per heavy atom. The lowest BCUT2D eigenvalue weighted by molar-refractivity contribution is 0.101. The molecule has 122 valence electrons. The molecule has 0 amide bonds. The molecular weight excluding hydrogens is 332 g/mol. The summed E-state index contributed by atoms with van der Waals surface area (Å²) >= 11 is 0. The highest BCUT2D eigenvalue weighted by Gasteiger charge is 2.16. The fourth-order valence-corrected chi connectivity index (χ4v) is 2.92. The lowest BCUT2D eigenvalue weighted by atomic mass is 10.2. The van der Waals surface area contributed by atoms with Crippen molar-refractivity contribution in [1.29, 1.82) is 0 Å². The Bertz CT molecular complexity index is 968. The van der Waals surface area contributed by atoms with Gasteiger partial charge in [-0.25, -0.2) is 28.1 Å². The van der Waals surface area contributed by atoms with Gasteiger partial charge < -0.3 is 0 Å². The molecule has 2 heterocycles. The smallest absolute Gasteiger partial charge is 0.263 e. The zero-order valence-electron chi connectivity index (χ0n) is 12.5. The van der Waals surface area contributed by atoms with Gasteiger partial charge in [0.25, 0.3) is 10.0 Å². The molecule has 24 heavy (non-hydrogen) atoms. The highest BCUT2D eigenvalue weighted by Crippen LogP contribution is 2.16. The molecule has 3 aromatic rings. The van der Waals surface area contributed by atoms with Crippen LogP contribution in [0.4, 0.5) is 5.82 Å². The van der Waals surface area contributed by atoms with Crippen LogP contribution in [0, 0.1) is 0 Å². The van der Waals surface area contributed by atoms with Crippen LogP contribution >= 0.6 is 0 Å². The number of hydrogen-bond donors (Lipinski definition) is 1. The number of nitrogens with zero attached hydrogens (tertiary/aromatic N) is 5. The quantitative estimate of drug-likeness (QED) is 0.687. The number of benzene rings is 1. The van der Waals surface area contributed by atoms with Gasteiger partial charge in [0.1, 0.15) is 24.8 Å². The van der Waals surface area contributed by atoms with E-state index in [0.717, 1.165) is 0 Å². The van der Waals surface area contributed by atoms with E-state index in [4.69, 9.17) is 0 Å². The van der Waals surface area contributed by atoms with Crippen molar-refractivity contribution < 1.29 is 13.2 Å². The molecular formula is C14H12N6O3S. The van der Waals surface area contributed by atoms with E-state index in [9.17, 15) is 13.2 Å². The normalized spacial score (nSPS) is 11.2. The first kappa shape index (κ1) is 15.7. The summed E-state index contributed by atoms with van der Waals surface area (Å²) in [6.45, 7) is 1.41. The largest absolute Gasteiger partial charge is 0.295 e. The number of anilines is 1. The average Bonchev–Trinajstić information content (AvgIpc) is 3.09. The van der Waals surface area contributed by atoms with Gasteiger partial charge in [-0.05, 0) is 19.1 Å². The van der Waals surface area contributed by atoms with E-state index in [1.807, 2.05) is 0 Å². The number of carbonyl (C=O) groups is 1. The fourth-order valence-electron chi connectivity index (χ4n) is 1.92. The van der Waals surface area contributed by atoms with Gasteiger partial charge in [0.15, 0.2) is 11.6 Å². The van der Waals surface area contributed by atoms with Gasteiger partial charge in [-0.15, -0.1) is 0 Å². The third kappa shape index (κ3) is 3.27. The second-order valence-electron chi connectivity index (χ2n) is 4.79. The number of carbonyl (C=O) groups excluding carboxylic acids is 1. The number of ketones is 1. The van der Waals surface area contributed by atoms with E-state index in [1.165, 1.54) is 60.9 Å². The minimum atomic E-state index is -3.84. The van der Waals surface area contributed by atoms with Crippen LogP contribution in [0.2, 0.25) is 0 Å². The van der Waals surface area contributed by atoms with Gasteiger partial charge in [0, 0.05) is 11.6 Å². The summed E-state index contributed by atoms with van der Waals surface area (Å²) in [5.74, 6) is 0.318. The summed E-state index contributed by atoms with van der Waals surface area (Å²) in [6, 6.07) is 7.06. The van der Waals surface area contributed by atoms with Crippen LogP contribution in [0.15, 0.2) is 54.2 Å². The molecule has 0 bridgehead atoms. The number of sulfonamides is 1. The molecule has 9 nitrogen and oxygen atoms in total. The Morgan fingerprint density at radius 1 is 1.12 bits per heavy atom. The third-order valence-electron chi connectivity index (χ3n) is 3.12. The monoisotopic (exact) mass is 344 g/mol. The van der Waals surface area contributed by atoms with Crippen molar-refractivity contribution >= 4 is 21.6 Å². The van der Waals surface area contributed by atoms with E-state index in [2.05, 4.69) is 24.8 Å². The van der Waals surface area contributed by atoms with Crippen molar-refractivity contribution in [1.82, 2.24) is 24.7 Å². The van der Waals surface area contributed by atoms with Crippen molar-refractivity contribution in [2.45, 2.75) is 11.8 Å². The second-order valence-corrected chi connectivity index (χ2v) is 6.47. The topological polar surface area (TPSA) is 120 Å². The second kappa shape index (κ2) is 6.16. The summed E-state index contributed by atoms with van der Waals surface area (Å²) in [4.78, 5) is 23.0. The minimum Gasteiger partial charge on any atom is -0.295 e. The molecule has 10 heteroatoms. The van der Waals surface area contributed by atoms with Crippen LogP contribution in [0.1, 0.15) is 17.3 Å². The molecule has 0 spiro atoms. The molecule has 0 radical (unpaired) electrons. The number of Topliss-reactive ketones (excluding diaryl/α,β-unsaturated/α-hetero) is 1. The maximum Gasteiger partial charge on any atom is 0.263 e. The molecule has 0 aliphatic carbocycles. The SMILES string of the molecule is CC(=O)c1ccc(S(=O)(=O)Nc2cc(-n3cncn3)ncn2)cc1. The van der Waals surface area contributed by atoms with Gasteiger partial charge in [0.05, 0.1) is 4.90 Å². The van der Waals surface area contributed by atoms with Crippen molar-refractivity contribution in [3.8, 4) is 5.82 Å². The number of aromatic nitrogens is 5. The highest BCUT2D eigenvalue weighted by molar-refractivity contribution is 7.92. The molecule has 0 saturated carbocycles. The van der Waals surface area contributed by atoms with Crippen molar-refractivity contribution in [2.75, 3.05) is 4.72 Å². The van der Waals surface area contributed by atoms with Crippen LogP contribution in [0.3, 0.4) is 0 Å². The minimum absolute atomic E-state index is 0.0217. The fraction of sp³-hybridized carbons (Fsp3) is 0.0714. The van der Waals surface area contributed by atoms with Gasteiger partial charge in [-0.1, -0.05) is 12.1 Å². The maximum absolute atomic E-state index is 12.4. The number of rotatable bonds is 5. The number of nitrogens with one attached hydrogen (secondary N) is 1. The molecule has 0 aliphatic heterocycles. The molecule has 0 saturated heterocycles. The summed E-state index contributed by atoms with van der Waals surface area (Å²) < 4.78 is 28.5. The van der Waals surface area contributed by atoms with Crippen LogP contribution in [-0.2, 0) is 10.0 Å². The summed E-state index contributed by atoms with van der Waals surface area (Å²) in [6.07, 6.45) is 3.98. The molecule has 0 unspecified atom stereocenters. The number of hydrogen-bond acceptors (Lipinski definition) is 7. The molecule has 2 aromatic heterocycles. The van der Waals surface area contributed by atoms with Crippen molar-refractivity contribution in [3.63, 3.8) is 0 Å². The Hall–Kier alpha value is -3.14. The zero-order valence-corrected chi connectivity index (χ0v) is 13.3. The zero-order chi connectivity index (χ0) is 17.2. The first-order valence-electron chi connectivity index (χ1n) is 6.76. The Morgan fingerprint density at radius 2 is 1.88 bits per heavy atom. The van der Waals surface area contributed by atoms with Gasteiger partial charge in [-0.3, -0.25) is 9.52 Å². The average molecular weight is 344 g/mol. The van der Waals surface area contributed by atoms with E-state index in [1.54, 1.807) is 0 Å². The maximum atomic E-state index is 12.4. The molecule has 0 atom stereocenters. The lowest BCUT2D eigenvalue weighted by Crippen LogP contribution is -2.14. The molecule has 1 aromatic carbocycles. The summed E-state index contributed by atoms with van der Waals surface area (Å²) in [5, 5.41) is 3.91. The van der Waals surface area contributed by atoms with E-state index in [0.29, 0.717) is 11.4 Å². The first-order chi connectivity index (χ1) is 11.5. The summed E-state index contributed by atoms with van der Waals surface area (Å²) in [5.41, 5.74) is 0.435. The molecule has 0 aliphatic rings. The van der Waals surface area contributed by atoms with Crippen LogP contribution in [0.5, 0.6) is 0 Å². The standard InChI is InChI=1S/C14H12N6O3S/c1-10(21)11-2-4-12(5-3-11)24(22,23)19-13-6-14(17-8-16-13)20-9-15-7-18-20/h2-9H,1H3,(H,16,17,19). The lowest BCUT2D eigenvalue weighted by Gasteiger charge is -2.08. The predicted molar refractivity (Wildman–Crippen MR) is 84.2 cm³/mol. The van der Waals surface area contributed by atoms with Crippen molar-refractivity contribution in [3.05, 3.63) is 54.9 Å². The molecule has 1 N–H and O–H groups in total. The van der Waals surface area contributed by atoms with Crippen molar-refractivity contribution in [2.24, 2.45) is 0 Å². The van der Waals surface area contributed by atoms with Crippen LogP contribution < -0.4 is 4.72 Å². The van der Waals surface area contributed by atoms with Crippen LogP contribution in [0.25, 0.3) is 5.82 Å². The van der Waals surface area contributed by atoms with Crippen LogP contribution in [-0.4, -0.2) is 38.9 Å². The Kier molecular flexibility index (Phi) is 4.04. The van der Waals surface area contributed by atoms with E-state index < -0.39 is 10.0 Å². The Labute approximate surface area is 137 Å². The van der Waals surface area contributed by atoms with E-state index >= 15 is 0 Å². The predicted octanol–water partition coefficient (Wildman–Crippen LogP) is 1.06. The van der Waals surface area contributed by atoms with Gasteiger partial charge >= 0.3 is 0 Å². The third-order valence-corrected chi connectivity index (χ3v) is 4.49.